The van der Waals surface area contributed by atoms with Crippen LogP contribution in [0.3, 0.4) is 0 Å². The SMILES string of the molecule is CC1C2C3(C=CC(=O)[C@@]2(C)CCC#N)CC([C@@H]1Cl)C(C)(O)C3. The average Bonchev–Trinajstić information content (AvgIpc) is 2.68. The van der Waals surface area contributed by atoms with E-state index in [-0.39, 0.29) is 34.3 Å². The van der Waals surface area contributed by atoms with Crippen LogP contribution in [0.4, 0.5) is 0 Å². The molecule has 1 spiro atoms. The van der Waals surface area contributed by atoms with Crippen LogP contribution in [-0.4, -0.2) is 21.9 Å². The zero-order valence-corrected chi connectivity index (χ0v) is 14.2. The Balaban J connectivity index is 2.11. The predicted octanol–water partition coefficient (Wildman–Crippen LogP) is 3.46. The number of ketones is 1. The highest BCUT2D eigenvalue weighted by molar-refractivity contribution is 6.21. The molecule has 2 fully saturated rings. The van der Waals surface area contributed by atoms with E-state index in [0.717, 1.165) is 6.42 Å². The predicted molar refractivity (Wildman–Crippen MR) is 85.2 cm³/mol. The third-order valence-electron chi connectivity index (χ3n) is 6.69. The molecule has 7 atom stereocenters. The molecular formula is C18H24ClNO2. The molecule has 2 saturated carbocycles. The number of allylic oxidation sites excluding steroid dienone is 2. The summed E-state index contributed by atoms with van der Waals surface area (Å²) in [5, 5.41) is 19.7. The van der Waals surface area contributed by atoms with Crippen molar-refractivity contribution in [3.63, 3.8) is 0 Å². The lowest BCUT2D eigenvalue weighted by Gasteiger charge is -2.54. The molecule has 120 valence electrons. The van der Waals surface area contributed by atoms with E-state index >= 15 is 0 Å². The Hall–Kier alpha value is -0.850. The minimum absolute atomic E-state index is 0.0680. The number of rotatable bonds is 2. The molecule has 0 radical (unpaired) electrons. The van der Waals surface area contributed by atoms with Gasteiger partial charge in [-0.3, -0.25) is 4.79 Å². The molecule has 5 unspecified atom stereocenters. The highest BCUT2D eigenvalue weighted by Crippen LogP contribution is 2.68. The Labute approximate surface area is 137 Å². The van der Waals surface area contributed by atoms with Gasteiger partial charge in [0.05, 0.1) is 11.7 Å². The number of hydrogen-bond donors (Lipinski definition) is 1. The monoisotopic (exact) mass is 321 g/mol. The van der Waals surface area contributed by atoms with Gasteiger partial charge in [0.2, 0.25) is 0 Å². The molecule has 0 aromatic heterocycles. The molecule has 0 aliphatic heterocycles. The highest BCUT2D eigenvalue weighted by Gasteiger charge is 2.67. The second-order valence-electron chi connectivity index (χ2n) is 8.13. The quantitative estimate of drug-likeness (QED) is 0.792. The minimum atomic E-state index is -0.781. The topological polar surface area (TPSA) is 61.1 Å². The number of carbonyl (C=O) groups is 1. The van der Waals surface area contributed by atoms with Crippen LogP contribution < -0.4 is 0 Å². The average molecular weight is 322 g/mol. The number of alkyl halides is 1. The van der Waals surface area contributed by atoms with Gasteiger partial charge in [0.1, 0.15) is 0 Å². The van der Waals surface area contributed by atoms with Gasteiger partial charge in [-0.25, -0.2) is 0 Å². The molecule has 3 rings (SSSR count). The molecule has 2 bridgehead atoms. The summed E-state index contributed by atoms with van der Waals surface area (Å²) in [6.45, 7) is 5.99. The van der Waals surface area contributed by atoms with Crippen LogP contribution in [0.5, 0.6) is 0 Å². The Bertz CT molecular complexity index is 578. The first kappa shape index (κ1) is 16.0. The second-order valence-corrected chi connectivity index (χ2v) is 8.64. The number of aliphatic hydroxyl groups is 1. The highest BCUT2D eigenvalue weighted by atomic mass is 35.5. The van der Waals surface area contributed by atoms with Crippen LogP contribution in [0, 0.1) is 39.9 Å². The number of hydrogen-bond acceptors (Lipinski definition) is 3. The molecule has 0 heterocycles. The van der Waals surface area contributed by atoms with Gasteiger partial charge in [-0.15, -0.1) is 11.6 Å². The van der Waals surface area contributed by atoms with E-state index in [2.05, 4.69) is 13.0 Å². The van der Waals surface area contributed by atoms with E-state index in [0.29, 0.717) is 19.3 Å². The molecule has 0 aromatic carbocycles. The van der Waals surface area contributed by atoms with Gasteiger partial charge in [-0.2, -0.15) is 5.26 Å². The molecule has 22 heavy (non-hydrogen) atoms. The Kier molecular flexibility index (Phi) is 3.51. The van der Waals surface area contributed by atoms with E-state index in [4.69, 9.17) is 16.9 Å². The summed E-state index contributed by atoms with van der Waals surface area (Å²) in [4.78, 5) is 12.7. The molecule has 3 aliphatic rings. The standard InChI is InChI=1S/C18H24ClNO2/c1-11-14(19)12-9-18(10-17(12,3)22)7-5-13(21)16(2,15(11)18)6-4-8-20/h5,7,11-12,14-15,22H,4,6,9-10H2,1-3H3/t11?,12?,14-,15?,16-,17?,18?/m1/s1. The van der Waals surface area contributed by atoms with E-state index in [9.17, 15) is 9.90 Å². The summed E-state index contributed by atoms with van der Waals surface area (Å²) in [6, 6.07) is 2.18. The van der Waals surface area contributed by atoms with Crippen LogP contribution in [0.25, 0.3) is 0 Å². The molecule has 4 heteroatoms. The first-order valence-electron chi connectivity index (χ1n) is 8.15. The van der Waals surface area contributed by atoms with Crippen molar-refractivity contribution in [2.45, 2.75) is 57.4 Å². The van der Waals surface area contributed by atoms with Crippen molar-refractivity contribution in [2.24, 2.45) is 28.6 Å². The van der Waals surface area contributed by atoms with Crippen LogP contribution in [0.1, 0.15) is 46.5 Å². The number of fused-ring (bicyclic) bond motifs is 1. The maximum absolute atomic E-state index is 12.7. The third kappa shape index (κ3) is 1.93. The largest absolute Gasteiger partial charge is 0.390 e. The summed E-state index contributed by atoms with van der Waals surface area (Å²) < 4.78 is 0. The van der Waals surface area contributed by atoms with Gasteiger partial charge < -0.3 is 5.11 Å². The lowest BCUT2D eigenvalue weighted by Crippen LogP contribution is -2.54. The molecule has 0 amide bonds. The normalized spacial score (nSPS) is 53.2. The summed E-state index contributed by atoms with van der Waals surface area (Å²) in [6.07, 6.45) is 6.20. The first-order chi connectivity index (χ1) is 10.2. The fraction of sp³-hybridized carbons (Fsp3) is 0.778. The Morgan fingerprint density at radius 3 is 2.82 bits per heavy atom. The van der Waals surface area contributed by atoms with Gasteiger partial charge in [-0.05, 0) is 49.5 Å². The van der Waals surface area contributed by atoms with Crippen molar-refractivity contribution < 1.29 is 9.90 Å². The summed E-state index contributed by atoms with van der Waals surface area (Å²) in [5.41, 5.74) is -1.49. The lowest BCUT2D eigenvalue weighted by atomic mass is 9.49. The molecule has 3 nitrogen and oxygen atoms in total. The van der Waals surface area contributed by atoms with Crippen LogP contribution >= 0.6 is 11.6 Å². The van der Waals surface area contributed by atoms with Crippen molar-refractivity contribution in [3.05, 3.63) is 12.2 Å². The Morgan fingerprint density at radius 1 is 1.50 bits per heavy atom. The van der Waals surface area contributed by atoms with Crippen molar-refractivity contribution in [3.8, 4) is 6.07 Å². The van der Waals surface area contributed by atoms with Crippen LogP contribution in [0.2, 0.25) is 0 Å². The molecular weight excluding hydrogens is 298 g/mol. The van der Waals surface area contributed by atoms with Gasteiger partial charge >= 0.3 is 0 Å². The van der Waals surface area contributed by atoms with E-state index in [1.165, 1.54) is 0 Å². The Morgan fingerprint density at radius 2 is 2.18 bits per heavy atom. The van der Waals surface area contributed by atoms with Gasteiger partial charge in [0, 0.05) is 23.1 Å². The van der Waals surface area contributed by atoms with Gasteiger partial charge in [0.15, 0.2) is 5.78 Å². The van der Waals surface area contributed by atoms with E-state index < -0.39 is 11.0 Å². The summed E-state index contributed by atoms with van der Waals surface area (Å²) in [5.74, 6) is 0.420. The fourth-order valence-corrected chi connectivity index (χ4v) is 6.40. The fourth-order valence-electron chi connectivity index (χ4n) is 5.89. The molecule has 0 saturated heterocycles. The minimum Gasteiger partial charge on any atom is -0.390 e. The summed E-state index contributed by atoms with van der Waals surface area (Å²) >= 11 is 6.71. The van der Waals surface area contributed by atoms with Gasteiger partial charge in [0.25, 0.3) is 0 Å². The maximum atomic E-state index is 12.7. The first-order valence-corrected chi connectivity index (χ1v) is 8.59. The van der Waals surface area contributed by atoms with Gasteiger partial charge in [-0.1, -0.05) is 19.9 Å². The molecule has 3 aliphatic carbocycles. The van der Waals surface area contributed by atoms with Crippen molar-refractivity contribution in [1.82, 2.24) is 0 Å². The molecule has 1 N–H and O–H groups in total. The lowest BCUT2D eigenvalue weighted by molar-refractivity contribution is -0.135. The summed E-state index contributed by atoms with van der Waals surface area (Å²) in [7, 11) is 0. The maximum Gasteiger partial charge on any atom is 0.161 e. The molecule has 0 aromatic rings. The van der Waals surface area contributed by atoms with Crippen molar-refractivity contribution >= 4 is 17.4 Å². The van der Waals surface area contributed by atoms with Crippen LogP contribution in [-0.2, 0) is 4.79 Å². The van der Waals surface area contributed by atoms with Crippen molar-refractivity contribution in [2.75, 3.05) is 0 Å². The second kappa shape index (κ2) is 4.82. The number of nitrogens with zero attached hydrogens (tertiary/aromatic N) is 1. The van der Waals surface area contributed by atoms with E-state index in [1.54, 1.807) is 6.08 Å². The smallest absolute Gasteiger partial charge is 0.161 e. The third-order valence-corrected chi connectivity index (χ3v) is 7.39. The zero-order valence-electron chi connectivity index (χ0n) is 13.5. The van der Waals surface area contributed by atoms with Crippen LogP contribution in [0.15, 0.2) is 12.2 Å². The zero-order chi connectivity index (χ0) is 16.3. The number of halogens is 1. The number of nitriles is 1. The van der Waals surface area contributed by atoms with E-state index in [1.807, 2.05) is 19.9 Å². The number of carbonyl (C=O) groups excluding carboxylic acids is 1. The van der Waals surface area contributed by atoms with Crippen molar-refractivity contribution in [1.29, 1.82) is 5.26 Å².